The van der Waals surface area contributed by atoms with Crippen molar-refractivity contribution in [1.29, 1.82) is 0 Å². The molecule has 3 aromatic heterocycles. The highest BCUT2D eigenvalue weighted by Crippen LogP contribution is 2.36. The molecular weight excluding hydrogens is 286 g/mol. The third-order valence-electron chi connectivity index (χ3n) is 4.73. The second kappa shape index (κ2) is 5.81. The van der Waals surface area contributed by atoms with Crippen molar-refractivity contribution in [2.75, 3.05) is 20.6 Å². The van der Waals surface area contributed by atoms with Gasteiger partial charge in [-0.1, -0.05) is 12.5 Å². The molecule has 1 aliphatic rings. The summed E-state index contributed by atoms with van der Waals surface area (Å²) in [6, 6.07) is 8.42. The maximum absolute atomic E-state index is 4.92. The molecule has 0 atom stereocenters. The lowest BCUT2D eigenvalue weighted by Gasteiger charge is -2.21. The van der Waals surface area contributed by atoms with Crippen LogP contribution in [0.4, 0.5) is 0 Å². The average Bonchev–Trinajstić information content (AvgIpc) is 3.07. The standard InChI is InChI=1S/C18H23N5/c1-21(2)12-13-23-18(19-17(20-23)14-6-5-7-14)15-9-11-22-10-4-3-8-16(15)22/h3-4,8-11,14H,5-7,12-13H2,1-2H3. The molecule has 0 bridgehead atoms. The molecule has 0 amide bonds. The molecule has 0 saturated heterocycles. The van der Waals surface area contributed by atoms with Crippen molar-refractivity contribution in [1.82, 2.24) is 24.1 Å². The molecule has 0 aromatic carbocycles. The van der Waals surface area contributed by atoms with Gasteiger partial charge in [0.2, 0.25) is 0 Å². The lowest BCUT2D eigenvalue weighted by molar-refractivity contribution is 0.367. The van der Waals surface area contributed by atoms with Gasteiger partial charge in [-0.25, -0.2) is 9.67 Å². The van der Waals surface area contributed by atoms with E-state index in [2.05, 4.69) is 58.7 Å². The van der Waals surface area contributed by atoms with E-state index in [1.54, 1.807) is 0 Å². The predicted molar refractivity (Wildman–Crippen MR) is 91.6 cm³/mol. The molecule has 23 heavy (non-hydrogen) atoms. The van der Waals surface area contributed by atoms with Crippen molar-refractivity contribution < 1.29 is 0 Å². The van der Waals surface area contributed by atoms with Crippen LogP contribution in [0, 0.1) is 0 Å². The zero-order chi connectivity index (χ0) is 15.8. The molecule has 0 spiro atoms. The predicted octanol–water partition coefficient (Wildman–Crippen LogP) is 3.03. The molecule has 120 valence electrons. The fourth-order valence-corrected chi connectivity index (χ4v) is 3.09. The fraction of sp³-hybridized carbons (Fsp3) is 0.444. The van der Waals surface area contributed by atoms with Gasteiger partial charge in [0.05, 0.1) is 12.1 Å². The van der Waals surface area contributed by atoms with Gasteiger partial charge in [-0.2, -0.15) is 5.10 Å². The third-order valence-corrected chi connectivity index (χ3v) is 4.73. The number of likely N-dealkylation sites (N-methyl/N-ethyl adjacent to an activating group) is 1. The maximum Gasteiger partial charge on any atom is 0.160 e. The normalized spacial score (nSPS) is 15.4. The van der Waals surface area contributed by atoms with E-state index in [4.69, 9.17) is 10.1 Å². The van der Waals surface area contributed by atoms with Crippen LogP contribution >= 0.6 is 0 Å². The molecule has 5 heteroatoms. The van der Waals surface area contributed by atoms with Gasteiger partial charge in [-0.15, -0.1) is 0 Å². The highest BCUT2D eigenvalue weighted by atomic mass is 15.4. The molecule has 3 heterocycles. The molecule has 0 aliphatic heterocycles. The summed E-state index contributed by atoms with van der Waals surface area (Å²) in [6.07, 6.45) is 7.94. The molecule has 0 N–H and O–H groups in total. The highest BCUT2D eigenvalue weighted by molar-refractivity contribution is 5.77. The molecule has 0 radical (unpaired) electrons. The van der Waals surface area contributed by atoms with Crippen LogP contribution in [0.2, 0.25) is 0 Å². The van der Waals surface area contributed by atoms with Gasteiger partial charge in [0.1, 0.15) is 0 Å². The third kappa shape index (κ3) is 2.65. The second-order valence-corrected chi connectivity index (χ2v) is 6.67. The topological polar surface area (TPSA) is 38.4 Å². The smallest absolute Gasteiger partial charge is 0.160 e. The first kappa shape index (κ1) is 14.5. The van der Waals surface area contributed by atoms with Crippen LogP contribution in [0.5, 0.6) is 0 Å². The molecule has 1 saturated carbocycles. The molecule has 1 fully saturated rings. The van der Waals surface area contributed by atoms with Gasteiger partial charge in [0.25, 0.3) is 0 Å². The number of fused-ring (bicyclic) bond motifs is 1. The van der Waals surface area contributed by atoms with Crippen molar-refractivity contribution >= 4 is 5.52 Å². The lowest BCUT2D eigenvalue weighted by atomic mass is 9.85. The fourth-order valence-electron chi connectivity index (χ4n) is 3.09. The summed E-state index contributed by atoms with van der Waals surface area (Å²) in [7, 11) is 4.19. The maximum atomic E-state index is 4.92. The average molecular weight is 309 g/mol. The Hall–Kier alpha value is -2.14. The van der Waals surface area contributed by atoms with Gasteiger partial charge >= 0.3 is 0 Å². The summed E-state index contributed by atoms with van der Waals surface area (Å²) in [5.41, 5.74) is 2.36. The van der Waals surface area contributed by atoms with E-state index in [1.165, 1.54) is 30.3 Å². The Morgan fingerprint density at radius 2 is 2.04 bits per heavy atom. The summed E-state index contributed by atoms with van der Waals surface area (Å²) in [5.74, 6) is 2.59. The van der Waals surface area contributed by atoms with Gasteiger partial charge < -0.3 is 9.30 Å². The Kier molecular flexibility index (Phi) is 3.65. The van der Waals surface area contributed by atoms with Crippen LogP contribution in [0.3, 0.4) is 0 Å². The summed E-state index contributed by atoms with van der Waals surface area (Å²) >= 11 is 0. The number of hydrogen-bond acceptors (Lipinski definition) is 3. The molecule has 0 unspecified atom stereocenters. The van der Waals surface area contributed by atoms with Crippen LogP contribution in [-0.2, 0) is 6.54 Å². The number of aromatic nitrogens is 4. The van der Waals surface area contributed by atoms with Gasteiger partial charge in [0.15, 0.2) is 11.6 Å². The molecule has 3 aromatic rings. The van der Waals surface area contributed by atoms with Crippen molar-refractivity contribution in [3.05, 3.63) is 42.5 Å². The minimum Gasteiger partial charge on any atom is -0.323 e. The van der Waals surface area contributed by atoms with E-state index in [0.717, 1.165) is 24.7 Å². The summed E-state index contributed by atoms with van der Waals surface area (Å²) in [6.45, 7) is 1.83. The number of nitrogens with zero attached hydrogens (tertiary/aromatic N) is 5. The van der Waals surface area contributed by atoms with Gasteiger partial charge in [-0.3, -0.25) is 0 Å². The van der Waals surface area contributed by atoms with E-state index in [9.17, 15) is 0 Å². The zero-order valence-electron chi connectivity index (χ0n) is 13.8. The van der Waals surface area contributed by atoms with E-state index < -0.39 is 0 Å². The number of rotatable bonds is 5. The Morgan fingerprint density at radius 1 is 1.17 bits per heavy atom. The van der Waals surface area contributed by atoms with Crippen molar-refractivity contribution in [2.45, 2.75) is 31.7 Å². The molecule has 5 nitrogen and oxygen atoms in total. The Morgan fingerprint density at radius 3 is 2.78 bits per heavy atom. The quantitative estimate of drug-likeness (QED) is 0.727. The van der Waals surface area contributed by atoms with Crippen LogP contribution < -0.4 is 0 Å². The largest absolute Gasteiger partial charge is 0.323 e. The summed E-state index contributed by atoms with van der Waals surface area (Å²) < 4.78 is 4.24. The van der Waals surface area contributed by atoms with Crippen LogP contribution in [-0.4, -0.2) is 44.7 Å². The first-order chi connectivity index (χ1) is 11.2. The van der Waals surface area contributed by atoms with Crippen LogP contribution in [0.1, 0.15) is 31.0 Å². The first-order valence-electron chi connectivity index (χ1n) is 8.38. The second-order valence-electron chi connectivity index (χ2n) is 6.67. The van der Waals surface area contributed by atoms with Gasteiger partial charge in [0, 0.05) is 30.4 Å². The first-order valence-corrected chi connectivity index (χ1v) is 8.38. The summed E-state index contributed by atoms with van der Waals surface area (Å²) in [4.78, 5) is 7.11. The number of hydrogen-bond donors (Lipinski definition) is 0. The van der Waals surface area contributed by atoms with E-state index in [1.807, 2.05) is 6.07 Å². The van der Waals surface area contributed by atoms with E-state index in [0.29, 0.717) is 5.92 Å². The van der Waals surface area contributed by atoms with Crippen LogP contribution in [0.25, 0.3) is 16.9 Å². The molecular formula is C18H23N5. The van der Waals surface area contributed by atoms with Gasteiger partial charge in [-0.05, 0) is 45.1 Å². The Labute approximate surface area is 136 Å². The van der Waals surface area contributed by atoms with Crippen LogP contribution in [0.15, 0.2) is 36.7 Å². The minimum atomic E-state index is 0.559. The SMILES string of the molecule is CN(C)CCn1nc(C2CCC2)nc1-c1ccn2ccccc12. The number of pyridine rings is 1. The van der Waals surface area contributed by atoms with E-state index in [-0.39, 0.29) is 0 Å². The van der Waals surface area contributed by atoms with Crippen molar-refractivity contribution in [2.24, 2.45) is 0 Å². The molecule has 4 rings (SSSR count). The molecule has 1 aliphatic carbocycles. The monoisotopic (exact) mass is 309 g/mol. The highest BCUT2D eigenvalue weighted by Gasteiger charge is 2.26. The summed E-state index contributed by atoms with van der Waals surface area (Å²) in [5, 5.41) is 4.84. The Bertz CT molecular complexity index is 810. The lowest BCUT2D eigenvalue weighted by Crippen LogP contribution is -2.20. The zero-order valence-corrected chi connectivity index (χ0v) is 13.8. The minimum absolute atomic E-state index is 0.559. The Balaban J connectivity index is 1.77. The van der Waals surface area contributed by atoms with Crippen molar-refractivity contribution in [3.63, 3.8) is 0 Å². The van der Waals surface area contributed by atoms with E-state index >= 15 is 0 Å². The van der Waals surface area contributed by atoms with Crippen molar-refractivity contribution in [3.8, 4) is 11.4 Å².